The number of nitrogens with zero attached hydrogens (tertiary/aromatic N) is 4. The van der Waals surface area contributed by atoms with E-state index in [2.05, 4.69) is 27.4 Å². The van der Waals surface area contributed by atoms with E-state index in [9.17, 15) is 18.0 Å². The lowest BCUT2D eigenvalue weighted by atomic mass is 9.96. The Morgan fingerprint density at radius 1 is 1.03 bits per heavy atom. The molecule has 2 atom stereocenters. The summed E-state index contributed by atoms with van der Waals surface area (Å²) in [6.45, 7) is 5.16. The highest BCUT2D eigenvalue weighted by molar-refractivity contribution is 5.93. The van der Waals surface area contributed by atoms with Crippen LogP contribution in [-0.2, 0) is 6.54 Å². The van der Waals surface area contributed by atoms with E-state index in [0.717, 1.165) is 22.4 Å². The fraction of sp³-hybridized carbons (Fsp3) is 0.385. The Balaban J connectivity index is 1.30. The second-order valence-corrected chi connectivity index (χ2v) is 9.31. The Morgan fingerprint density at radius 3 is 2.37 bits per heavy atom. The highest BCUT2D eigenvalue weighted by Crippen LogP contribution is 2.43. The third kappa shape index (κ3) is 5.05. The molecule has 2 aromatic carbocycles. The van der Waals surface area contributed by atoms with Crippen molar-refractivity contribution in [1.82, 2.24) is 19.6 Å². The van der Waals surface area contributed by atoms with Crippen LogP contribution in [0, 0.1) is 6.92 Å². The minimum absolute atomic E-state index is 0.0443. The van der Waals surface area contributed by atoms with Crippen LogP contribution in [0.25, 0.3) is 0 Å². The first-order chi connectivity index (χ1) is 16.8. The molecular formula is C26H28F3N5O. The first-order valence-electron chi connectivity index (χ1n) is 11.8. The number of nitrogens with one attached hydrogen (secondary N) is 1. The lowest BCUT2D eigenvalue weighted by Gasteiger charge is -2.34. The van der Waals surface area contributed by atoms with Crippen LogP contribution in [-0.4, -0.2) is 57.8 Å². The average molecular weight is 484 g/mol. The van der Waals surface area contributed by atoms with Crippen molar-refractivity contribution in [2.24, 2.45) is 0 Å². The Morgan fingerprint density at radius 2 is 1.71 bits per heavy atom. The fourth-order valence-electron chi connectivity index (χ4n) is 4.81. The summed E-state index contributed by atoms with van der Waals surface area (Å²) < 4.78 is 42.8. The molecule has 2 aliphatic heterocycles. The zero-order chi connectivity index (χ0) is 24.6. The molecule has 0 saturated carbocycles. The van der Waals surface area contributed by atoms with Gasteiger partial charge in [0, 0.05) is 45.2 Å². The summed E-state index contributed by atoms with van der Waals surface area (Å²) in [5, 5.41) is 7.30. The van der Waals surface area contributed by atoms with Gasteiger partial charge in [0.1, 0.15) is 5.82 Å². The number of rotatable bonds is 4. The SMILES string of the molecule is Cc1ccc([C@@H]2C[C@@H](C(F)(F)F)n3nc(C(=O)N4CCN(Cc5ccccc5)CC4)cc3N2)cc1. The van der Waals surface area contributed by atoms with E-state index >= 15 is 0 Å². The maximum absolute atomic E-state index is 14.0. The standard InChI is InChI=1S/C26H28F3N5O/c1-18-7-9-20(10-8-18)21-15-23(26(27,28)29)34-24(30-21)16-22(31-34)25(35)33-13-11-32(12-14-33)17-19-5-3-2-4-6-19/h2-10,16,21,23,30H,11-15,17H2,1H3/t21-,23-/m0/s1. The van der Waals surface area contributed by atoms with Crippen LogP contribution < -0.4 is 5.32 Å². The van der Waals surface area contributed by atoms with Crippen LogP contribution in [0.5, 0.6) is 0 Å². The van der Waals surface area contributed by atoms with Crippen LogP contribution in [0.3, 0.4) is 0 Å². The molecule has 2 aliphatic rings. The number of hydrogen-bond acceptors (Lipinski definition) is 4. The van der Waals surface area contributed by atoms with Crippen molar-refractivity contribution in [1.29, 1.82) is 0 Å². The number of carbonyl (C=O) groups is 1. The van der Waals surface area contributed by atoms with E-state index in [-0.39, 0.29) is 23.8 Å². The molecule has 0 radical (unpaired) electrons. The van der Waals surface area contributed by atoms with Crippen molar-refractivity contribution in [3.8, 4) is 0 Å². The van der Waals surface area contributed by atoms with E-state index < -0.39 is 18.3 Å². The number of aromatic nitrogens is 2. The van der Waals surface area contributed by atoms with E-state index in [1.807, 2.05) is 49.4 Å². The van der Waals surface area contributed by atoms with Gasteiger partial charge in [-0.1, -0.05) is 60.2 Å². The van der Waals surface area contributed by atoms with Gasteiger partial charge in [0.05, 0.1) is 6.04 Å². The predicted octanol–water partition coefficient (Wildman–Crippen LogP) is 4.81. The molecule has 1 saturated heterocycles. The second kappa shape index (κ2) is 9.37. The molecule has 9 heteroatoms. The van der Waals surface area contributed by atoms with Gasteiger partial charge in [-0.05, 0) is 18.1 Å². The molecular weight excluding hydrogens is 455 g/mol. The molecule has 1 aromatic heterocycles. The molecule has 5 rings (SSSR count). The van der Waals surface area contributed by atoms with Gasteiger partial charge < -0.3 is 10.2 Å². The number of anilines is 1. The summed E-state index contributed by atoms with van der Waals surface area (Å²) in [5.41, 5.74) is 3.07. The largest absolute Gasteiger partial charge is 0.410 e. The number of fused-ring (bicyclic) bond motifs is 1. The monoisotopic (exact) mass is 483 g/mol. The molecule has 0 aliphatic carbocycles. The zero-order valence-corrected chi connectivity index (χ0v) is 19.5. The predicted molar refractivity (Wildman–Crippen MR) is 127 cm³/mol. The number of hydrogen-bond donors (Lipinski definition) is 1. The number of amides is 1. The van der Waals surface area contributed by atoms with Crippen molar-refractivity contribution in [2.75, 3.05) is 31.5 Å². The number of aryl methyl sites for hydroxylation is 1. The summed E-state index contributed by atoms with van der Waals surface area (Å²) in [4.78, 5) is 17.1. The van der Waals surface area contributed by atoms with E-state index in [1.165, 1.54) is 11.6 Å². The third-order valence-corrected chi connectivity index (χ3v) is 6.80. The van der Waals surface area contributed by atoms with Gasteiger partial charge in [-0.2, -0.15) is 18.3 Å². The molecule has 6 nitrogen and oxygen atoms in total. The number of halogens is 3. The van der Waals surface area contributed by atoms with Crippen molar-refractivity contribution in [3.63, 3.8) is 0 Å². The molecule has 35 heavy (non-hydrogen) atoms. The number of benzene rings is 2. The van der Waals surface area contributed by atoms with Crippen LogP contribution >= 0.6 is 0 Å². The third-order valence-electron chi connectivity index (χ3n) is 6.80. The minimum atomic E-state index is -4.48. The molecule has 0 bridgehead atoms. The normalized spacial score (nSPS) is 20.9. The summed E-state index contributed by atoms with van der Waals surface area (Å²) >= 11 is 0. The highest BCUT2D eigenvalue weighted by Gasteiger charge is 2.47. The Labute approximate surface area is 202 Å². The lowest BCUT2D eigenvalue weighted by Crippen LogP contribution is -2.48. The van der Waals surface area contributed by atoms with Gasteiger partial charge in [0.2, 0.25) is 0 Å². The maximum Gasteiger partial charge on any atom is 0.410 e. The number of alkyl halides is 3. The number of carbonyl (C=O) groups excluding carboxylic acids is 1. The Hall–Kier alpha value is -3.33. The Bertz CT molecular complexity index is 1170. The van der Waals surface area contributed by atoms with Crippen LogP contribution in [0.15, 0.2) is 60.7 Å². The summed E-state index contributed by atoms with van der Waals surface area (Å²) in [6, 6.07) is 16.7. The zero-order valence-electron chi connectivity index (χ0n) is 19.5. The van der Waals surface area contributed by atoms with Gasteiger partial charge >= 0.3 is 6.18 Å². The van der Waals surface area contributed by atoms with Gasteiger partial charge in [0.25, 0.3) is 5.91 Å². The van der Waals surface area contributed by atoms with E-state index in [0.29, 0.717) is 26.2 Å². The van der Waals surface area contributed by atoms with Crippen LogP contribution in [0.2, 0.25) is 0 Å². The van der Waals surface area contributed by atoms with Crippen molar-refractivity contribution in [2.45, 2.75) is 38.1 Å². The average Bonchev–Trinajstić information content (AvgIpc) is 3.28. The molecule has 0 unspecified atom stereocenters. The van der Waals surface area contributed by atoms with Gasteiger partial charge in [0.15, 0.2) is 11.7 Å². The van der Waals surface area contributed by atoms with Crippen molar-refractivity contribution in [3.05, 3.63) is 83.0 Å². The van der Waals surface area contributed by atoms with Gasteiger partial charge in [-0.25, -0.2) is 4.68 Å². The quantitative estimate of drug-likeness (QED) is 0.579. The molecule has 1 amide bonds. The fourth-order valence-corrected chi connectivity index (χ4v) is 4.81. The highest BCUT2D eigenvalue weighted by atomic mass is 19.4. The first kappa shape index (κ1) is 23.4. The van der Waals surface area contributed by atoms with Crippen molar-refractivity contribution < 1.29 is 18.0 Å². The van der Waals surface area contributed by atoms with Crippen LogP contribution in [0.1, 0.15) is 45.7 Å². The van der Waals surface area contributed by atoms with Crippen molar-refractivity contribution >= 4 is 11.7 Å². The van der Waals surface area contributed by atoms with Gasteiger partial charge in [-0.3, -0.25) is 9.69 Å². The smallest absolute Gasteiger partial charge is 0.363 e. The van der Waals surface area contributed by atoms with E-state index in [1.54, 1.807) is 4.90 Å². The summed E-state index contributed by atoms with van der Waals surface area (Å²) in [7, 11) is 0. The molecule has 3 heterocycles. The summed E-state index contributed by atoms with van der Waals surface area (Å²) in [5.74, 6) is -0.115. The lowest BCUT2D eigenvalue weighted by molar-refractivity contribution is -0.173. The van der Waals surface area contributed by atoms with Crippen LogP contribution in [0.4, 0.5) is 19.0 Å². The topological polar surface area (TPSA) is 53.4 Å². The molecule has 1 N–H and O–H groups in total. The summed E-state index contributed by atoms with van der Waals surface area (Å²) in [6.07, 6.45) is -4.66. The van der Waals surface area contributed by atoms with Gasteiger partial charge in [-0.15, -0.1) is 0 Å². The minimum Gasteiger partial charge on any atom is -0.363 e. The molecule has 184 valence electrons. The molecule has 3 aromatic rings. The maximum atomic E-state index is 14.0. The number of piperazine rings is 1. The molecule has 0 spiro atoms. The Kier molecular flexibility index (Phi) is 6.27. The first-order valence-corrected chi connectivity index (χ1v) is 11.8. The van der Waals surface area contributed by atoms with E-state index in [4.69, 9.17) is 0 Å². The molecule has 1 fully saturated rings. The second-order valence-electron chi connectivity index (χ2n) is 9.31.